The minimum Gasteiger partial charge on any atom is -0.380 e. The van der Waals surface area contributed by atoms with Gasteiger partial charge in [0.25, 0.3) is 0 Å². The highest BCUT2D eigenvalue weighted by atomic mass is 16.5. The molecule has 7 nitrogen and oxygen atoms in total. The van der Waals surface area contributed by atoms with Crippen LogP contribution < -0.4 is 10.2 Å². The summed E-state index contributed by atoms with van der Waals surface area (Å²) in [5.41, 5.74) is 1.72. The van der Waals surface area contributed by atoms with Crippen molar-refractivity contribution in [2.45, 2.75) is 25.4 Å². The Hall–Kier alpha value is -2.41. The molecule has 1 aromatic rings. The van der Waals surface area contributed by atoms with Crippen LogP contribution in [-0.4, -0.2) is 55.5 Å². The van der Waals surface area contributed by atoms with Gasteiger partial charge in [-0.05, 0) is 30.7 Å². The monoisotopic (exact) mass is 331 g/mol. The number of nitrogens with one attached hydrogen (secondary N) is 1. The zero-order valence-corrected chi connectivity index (χ0v) is 13.7. The van der Waals surface area contributed by atoms with Crippen molar-refractivity contribution in [2.24, 2.45) is 0 Å². The first-order valence-electron chi connectivity index (χ1n) is 8.07. The van der Waals surface area contributed by atoms with Crippen LogP contribution in [0, 0.1) is 0 Å². The molecule has 2 saturated heterocycles. The van der Waals surface area contributed by atoms with Crippen molar-refractivity contribution in [3.05, 3.63) is 24.3 Å². The number of hydrogen-bond donors (Lipinski definition) is 1. The number of rotatable bonds is 5. The Morgan fingerprint density at radius 2 is 1.88 bits per heavy atom. The van der Waals surface area contributed by atoms with E-state index in [9.17, 15) is 14.4 Å². The summed E-state index contributed by atoms with van der Waals surface area (Å²) in [4.78, 5) is 38.3. The molecule has 0 saturated carbocycles. The summed E-state index contributed by atoms with van der Waals surface area (Å²) in [6.07, 6.45) is 1.66. The van der Waals surface area contributed by atoms with E-state index in [0.717, 1.165) is 30.1 Å². The molecule has 128 valence electrons. The predicted molar refractivity (Wildman–Crippen MR) is 88.7 cm³/mol. The average Bonchev–Trinajstić information content (AvgIpc) is 3.18. The molecule has 0 aliphatic carbocycles. The number of amides is 3. The number of ether oxygens (including phenoxy) is 1. The molecule has 2 aliphatic heterocycles. The van der Waals surface area contributed by atoms with Gasteiger partial charge in [-0.25, -0.2) is 0 Å². The Labute approximate surface area is 140 Å². The van der Waals surface area contributed by atoms with E-state index < -0.39 is 0 Å². The second-order valence-electron chi connectivity index (χ2n) is 6.06. The molecule has 1 atom stereocenters. The SMILES string of the molecule is COC1CCN(c2ccc(NC(=O)CN3C(=O)CCC3=O)cc2)C1. The number of carbonyl (C=O) groups is 3. The minimum atomic E-state index is -0.369. The van der Waals surface area contributed by atoms with Gasteiger partial charge in [-0.2, -0.15) is 0 Å². The first-order valence-corrected chi connectivity index (χ1v) is 8.07. The molecule has 3 amide bonds. The van der Waals surface area contributed by atoms with Gasteiger partial charge in [0, 0.05) is 44.4 Å². The van der Waals surface area contributed by atoms with Gasteiger partial charge in [-0.1, -0.05) is 0 Å². The van der Waals surface area contributed by atoms with Crippen LogP contribution in [0.15, 0.2) is 24.3 Å². The Bertz CT molecular complexity index is 628. The van der Waals surface area contributed by atoms with E-state index in [0.29, 0.717) is 5.69 Å². The molecule has 0 aromatic heterocycles. The van der Waals surface area contributed by atoms with Gasteiger partial charge in [0.05, 0.1) is 6.10 Å². The zero-order valence-electron chi connectivity index (χ0n) is 13.7. The second kappa shape index (κ2) is 7.00. The molecule has 2 aliphatic rings. The van der Waals surface area contributed by atoms with E-state index in [1.165, 1.54) is 0 Å². The highest BCUT2D eigenvalue weighted by molar-refractivity contribution is 6.06. The fraction of sp³-hybridized carbons (Fsp3) is 0.471. The molecule has 24 heavy (non-hydrogen) atoms. The second-order valence-corrected chi connectivity index (χ2v) is 6.06. The van der Waals surface area contributed by atoms with Crippen molar-refractivity contribution >= 4 is 29.1 Å². The van der Waals surface area contributed by atoms with Crippen LogP contribution in [0.4, 0.5) is 11.4 Å². The van der Waals surface area contributed by atoms with E-state index in [-0.39, 0.29) is 43.2 Å². The summed E-state index contributed by atoms with van der Waals surface area (Å²) in [6.45, 7) is 1.59. The molecular formula is C17H21N3O4. The smallest absolute Gasteiger partial charge is 0.244 e. The van der Waals surface area contributed by atoms with Crippen molar-refractivity contribution in [3.8, 4) is 0 Å². The fourth-order valence-corrected chi connectivity index (χ4v) is 3.05. The lowest BCUT2D eigenvalue weighted by molar-refractivity contribution is -0.141. The lowest BCUT2D eigenvalue weighted by atomic mass is 10.2. The summed E-state index contributed by atoms with van der Waals surface area (Å²) < 4.78 is 5.36. The first-order chi connectivity index (χ1) is 11.6. The number of imide groups is 1. The molecule has 0 radical (unpaired) electrons. The highest BCUT2D eigenvalue weighted by Gasteiger charge is 2.30. The van der Waals surface area contributed by atoms with Crippen molar-refractivity contribution in [3.63, 3.8) is 0 Å². The third-order valence-electron chi connectivity index (χ3n) is 4.45. The lowest BCUT2D eigenvalue weighted by Crippen LogP contribution is -2.36. The molecule has 1 aromatic carbocycles. The topological polar surface area (TPSA) is 79.0 Å². The Balaban J connectivity index is 1.55. The van der Waals surface area contributed by atoms with Crippen LogP contribution in [0.1, 0.15) is 19.3 Å². The lowest BCUT2D eigenvalue weighted by Gasteiger charge is -2.19. The largest absolute Gasteiger partial charge is 0.380 e. The van der Waals surface area contributed by atoms with Gasteiger partial charge in [-0.3, -0.25) is 19.3 Å². The minimum absolute atomic E-state index is 0.194. The maximum absolute atomic E-state index is 12.0. The molecule has 7 heteroatoms. The van der Waals surface area contributed by atoms with Crippen molar-refractivity contribution < 1.29 is 19.1 Å². The summed E-state index contributed by atoms with van der Waals surface area (Å²) in [6, 6.07) is 7.53. The number of methoxy groups -OCH3 is 1. The number of likely N-dealkylation sites (tertiary alicyclic amines) is 1. The summed E-state index contributed by atoms with van der Waals surface area (Å²) >= 11 is 0. The maximum Gasteiger partial charge on any atom is 0.244 e. The highest BCUT2D eigenvalue weighted by Crippen LogP contribution is 2.23. The van der Waals surface area contributed by atoms with E-state index in [4.69, 9.17) is 4.74 Å². The fourth-order valence-electron chi connectivity index (χ4n) is 3.05. The van der Waals surface area contributed by atoms with Crippen LogP contribution in [0.5, 0.6) is 0 Å². The van der Waals surface area contributed by atoms with E-state index in [1.807, 2.05) is 24.3 Å². The molecule has 2 heterocycles. The van der Waals surface area contributed by atoms with Crippen LogP contribution in [0.25, 0.3) is 0 Å². The van der Waals surface area contributed by atoms with Gasteiger partial charge in [0.2, 0.25) is 17.7 Å². The van der Waals surface area contributed by atoms with Crippen LogP contribution in [-0.2, 0) is 19.1 Å². The number of hydrogen-bond acceptors (Lipinski definition) is 5. The first kappa shape index (κ1) is 16.4. The van der Waals surface area contributed by atoms with E-state index in [1.54, 1.807) is 7.11 Å². The number of benzene rings is 1. The van der Waals surface area contributed by atoms with E-state index >= 15 is 0 Å². The third kappa shape index (κ3) is 3.56. The Kier molecular flexibility index (Phi) is 4.80. The van der Waals surface area contributed by atoms with Crippen LogP contribution >= 0.6 is 0 Å². The van der Waals surface area contributed by atoms with Gasteiger partial charge < -0.3 is 15.0 Å². The third-order valence-corrected chi connectivity index (χ3v) is 4.45. The molecule has 0 spiro atoms. The quantitative estimate of drug-likeness (QED) is 0.814. The van der Waals surface area contributed by atoms with Crippen molar-refractivity contribution in [1.82, 2.24) is 4.90 Å². The van der Waals surface area contributed by atoms with E-state index in [2.05, 4.69) is 10.2 Å². The van der Waals surface area contributed by atoms with Crippen molar-refractivity contribution in [1.29, 1.82) is 0 Å². The van der Waals surface area contributed by atoms with Crippen LogP contribution in [0.3, 0.4) is 0 Å². The molecule has 2 fully saturated rings. The van der Waals surface area contributed by atoms with Crippen molar-refractivity contribution in [2.75, 3.05) is 37.0 Å². The van der Waals surface area contributed by atoms with Gasteiger partial charge in [0.15, 0.2) is 0 Å². The van der Waals surface area contributed by atoms with Gasteiger partial charge in [-0.15, -0.1) is 0 Å². The van der Waals surface area contributed by atoms with Crippen LogP contribution in [0.2, 0.25) is 0 Å². The van der Waals surface area contributed by atoms with Gasteiger partial charge in [0.1, 0.15) is 6.54 Å². The average molecular weight is 331 g/mol. The molecule has 0 bridgehead atoms. The maximum atomic E-state index is 12.0. The molecule has 1 unspecified atom stereocenters. The normalized spacial score (nSPS) is 20.8. The molecular weight excluding hydrogens is 310 g/mol. The number of anilines is 2. The van der Waals surface area contributed by atoms with Gasteiger partial charge >= 0.3 is 0 Å². The summed E-state index contributed by atoms with van der Waals surface area (Å²) in [7, 11) is 1.72. The number of nitrogens with zero attached hydrogens (tertiary/aromatic N) is 2. The Morgan fingerprint density at radius 3 is 2.46 bits per heavy atom. The predicted octanol–water partition coefficient (Wildman–Crippen LogP) is 0.999. The zero-order chi connectivity index (χ0) is 17.1. The summed E-state index contributed by atoms with van der Waals surface area (Å²) in [5.74, 6) is -0.938. The molecule has 1 N–H and O–H groups in total. The standard InChI is InChI=1S/C17H21N3O4/c1-24-14-8-9-19(10-14)13-4-2-12(3-5-13)18-15(21)11-20-16(22)6-7-17(20)23/h2-5,14H,6-11H2,1H3,(H,18,21). The number of carbonyl (C=O) groups excluding carboxylic acids is 3. The summed E-state index contributed by atoms with van der Waals surface area (Å²) in [5, 5.41) is 2.72. The Morgan fingerprint density at radius 1 is 1.21 bits per heavy atom. The molecule has 3 rings (SSSR count).